The average molecular weight is 385 g/mol. The number of quaternary nitrogens is 1. The first-order chi connectivity index (χ1) is 13.4. The van der Waals surface area contributed by atoms with Gasteiger partial charge in [0, 0.05) is 11.4 Å². The third kappa shape index (κ3) is 5.29. The lowest BCUT2D eigenvalue weighted by atomic mass is 10.1. The molecule has 0 bridgehead atoms. The van der Waals surface area contributed by atoms with Gasteiger partial charge in [-0.2, -0.15) is 0 Å². The SMILES string of the molecule is Cc1ccc(NC(=O)NC(=O)C[NH+]2CCN(c3ccc(F)cc3)CC2)cc1C. The molecule has 148 valence electrons. The van der Waals surface area contributed by atoms with Gasteiger partial charge in [-0.15, -0.1) is 0 Å². The molecule has 3 amide bonds. The van der Waals surface area contributed by atoms with Crippen LogP contribution in [0, 0.1) is 19.7 Å². The molecule has 0 aliphatic carbocycles. The zero-order chi connectivity index (χ0) is 20.1. The highest BCUT2D eigenvalue weighted by molar-refractivity contribution is 6.01. The standard InChI is InChI=1S/C21H25FN4O2/c1-15-3-6-18(13-16(15)2)23-21(28)24-20(27)14-25-9-11-26(12-10-25)19-7-4-17(22)5-8-19/h3-8,13H,9-12,14H2,1-2H3,(H2,23,24,27,28)/p+1. The Hall–Kier alpha value is -2.93. The summed E-state index contributed by atoms with van der Waals surface area (Å²) in [5, 5.41) is 5.09. The number of amides is 3. The Bertz CT molecular complexity index is 846. The van der Waals surface area contributed by atoms with Crippen LogP contribution in [0.3, 0.4) is 0 Å². The van der Waals surface area contributed by atoms with E-state index in [1.807, 2.05) is 32.0 Å². The van der Waals surface area contributed by atoms with E-state index in [1.165, 1.54) is 12.1 Å². The third-order valence-corrected chi connectivity index (χ3v) is 5.09. The molecule has 3 N–H and O–H groups in total. The van der Waals surface area contributed by atoms with E-state index >= 15 is 0 Å². The minimum absolute atomic E-state index is 0.247. The number of hydrogen-bond acceptors (Lipinski definition) is 3. The molecule has 7 heteroatoms. The molecule has 0 unspecified atom stereocenters. The molecule has 0 saturated carbocycles. The van der Waals surface area contributed by atoms with Crippen LogP contribution < -0.4 is 20.4 Å². The summed E-state index contributed by atoms with van der Waals surface area (Å²) in [5.74, 6) is -0.546. The van der Waals surface area contributed by atoms with Crippen molar-refractivity contribution in [3.63, 3.8) is 0 Å². The molecule has 2 aromatic rings. The molecule has 3 rings (SSSR count). The number of urea groups is 1. The quantitative estimate of drug-likeness (QED) is 0.747. The zero-order valence-corrected chi connectivity index (χ0v) is 16.2. The van der Waals surface area contributed by atoms with Crippen molar-refractivity contribution in [3.05, 3.63) is 59.4 Å². The van der Waals surface area contributed by atoms with Crippen LogP contribution in [0.4, 0.5) is 20.6 Å². The lowest BCUT2D eigenvalue weighted by Crippen LogP contribution is -3.16. The first kappa shape index (κ1) is 19.8. The van der Waals surface area contributed by atoms with Gasteiger partial charge in [0.05, 0.1) is 26.2 Å². The molecule has 0 aromatic heterocycles. The monoisotopic (exact) mass is 385 g/mol. The Morgan fingerprint density at radius 2 is 1.71 bits per heavy atom. The molecule has 1 saturated heterocycles. The van der Waals surface area contributed by atoms with Crippen molar-refractivity contribution >= 4 is 23.3 Å². The molecule has 1 aliphatic rings. The van der Waals surface area contributed by atoms with Crippen LogP contribution in [0.25, 0.3) is 0 Å². The number of anilines is 2. The van der Waals surface area contributed by atoms with Crippen LogP contribution in [-0.2, 0) is 4.79 Å². The van der Waals surface area contributed by atoms with Gasteiger partial charge >= 0.3 is 6.03 Å². The summed E-state index contributed by atoms with van der Waals surface area (Å²) >= 11 is 0. The van der Waals surface area contributed by atoms with Gasteiger partial charge in [0.25, 0.3) is 5.91 Å². The van der Waals surface area contributed by atoms with Crippen LogP contribution >= 0.6 is 0 Å². The van der Waals surface area contributed by atoms with Gasteiger partial charge in [0.15, 0.2) is 6.54 Å². The predicted octanol–water partition coefficient (Wildman–Crippen LogP) is 1.50. The summed E-state index contributed by atoms with van der Waals surface area (Å²) in [7, 11) is 0. The van der Waals surface area contributed by atoms with Crippen molar-refractivity contribution in [2.45, 2.75) is 13.8 Å². The minimum Gasteiger partial charge on any atom is -0.360 e. The zero-order valence-electron chi connectivity index (χ0n) is 16.2. The van der Waals surface area contributed by atoms with Crippen molar-refractivity contribution < 1.29 is 18.9 Å². The number of piperazine rings is 1. The van der Waals surface area contributed by atoms with Crippen molar-refractivity contribution in [2.75, 3.05) is 42.9 Å². The second-order valence-electron chi connectivity index (χ2n) is 7.19. The smallest absolute Gasteiger partial charge is 0.326 e. The van der Waals surface area contributed by atoms with Gasteiger partial charge in [-0.25, -0.2) is 9.18 Å². The van der Waals surface area contributed by atoms with Gasteiger partial charge in [-0.3, -0.25) is 10.1 Å². The molecule has 0 atom stereocenters. The largest absolute Gasteiger partial charge is 0.360 e. The molecule has 0 spiro atoms. The van der Waals surface area contributed by atoms with Crippen LogP contribution in [0.2, 0.25) is 0 Å². The normalized spacial score (nSPS) is 14.6. The van der Waals surface area contributed by atoms with Gasteiger partial charge in [0.2, 0.25) is 0 Å². The summed E-state index contributed by atoms with van der Waals surface area (Å²) in [4.78, 5) is 27.5. The van der Waals surface area contributed by atoms with E-state index in [2.05, 4.69) is 15.5 Å². The van der Waals surface area contributed by atoms with Gasteiger partial charge in [0.1, 0.15) is 5.82 Å². The van der Waals surface area contributed by atoms with Crippen molar-refractivity contribution in [1.29, 1.82) is 0 Å². The van der Waals surface area contributed by atoms with Gasteiger partial charge in [-0.1, -0.05) is 6.07 Å². The maximum Gasteiger partial charge on any atom is 0.326 e. The molecular weight excluding hydrogens is 359 g/mol. The van der Waals surface area contributed by atoms with Crippen LogP contribution in [-0.4, -0.2) is 44.7 Å². The summed E-state index contributed by atoms with van der Waals surface area (Å²) in [6.45, 7) is 7.34. The molecule has 6 nitrogen and oxygen atoms in total. The van der Waals surface area contributed by atoms with Crippen LogP contribution in [0.15, 0.2) is 42.5 Å². The molecule has 1 heterocycles. The van der Waals surface area contributed by atoms with E-state index in [-0.39, 0.29) is 18.3 Å². The number of carbonyl (C=O) groups excluding carboxylic acids is 2. The second-order valence-corrected chi connectivity index (χ2v) is 7.19. The Morgan fingerprint density at radius 1 is 1.04 bits per heavy atom. The highest BCUT2D eigenvalue weighted by Crippen LogP contribution is 2.15. The van der Waals surface area contributed by atoms with E-state index in [0.29, 0.717) is 5.69 Å². The molecular formula is C21H26FN4O2+. The summed E-state index contributed by atoms with van der Waals surface area (Å²) < 4.78 is 13.0. The predicted molar refractivity (Wildman–Crippen MR) is 107 cm³/mol. The Balaban J connectivity index is 1.43. The summed E-state index contributed by atoms with van der Waals surface area (Å²) in [6.07, 6.45) is 0. The molecule has 1 fully saturated rings. The number of imide groups is 1. The highest BCUT2D eigenvalue weighted by Gasteiger charge is 2.23. The Kier molecular flexibility index (Phi) is 6.26. The highest BCUT2D eigenvalue weighted by atomic mass is 19.1. The number of carbonyl (C=O) groups is 2. The summed E-state index contributed by atoms with van der Waals surface area (Å²) in [6, 6.07) is 11.5. The Labute approximate surface area is 164 Å². The lowest BCUT2D eigenvalue weighted by Gasteiger charge is -2.33. The maximum atomic E-state index is 13.0. The first-order valence-electron chi connectivity index (χ1n) is 9.43. The number of rotatable bonds is 4. The first-order valence-corrected chi connectivity index (χ1v) is 9.43. The number of nitrogens with one attached hydrogen (secondary N) is 3. The van der Waals surface area contributed by atoms with E-state index in [4.69, 9.17) is 0 Å². The van der Waals surface area contributed by atoms with Crippen molar-refractivity contribution in [1.82, 2.24) is 5.32 Å². The number of nitrogens with zero attached hydrogens (tertiary/aromatic N) is 1. The third-order valence-electron chi connectivity index (χ3n) is 5.09. The fourth-order valence-corrected chi connectivity index (χ4v) is 3.29. The average Bonchev–Trinajstić information content (AvgIpc) is 2.66. The summed E-state index contributed by atoms with van der Waals surface area (Å²) in [5.41, 5.74) is 3.87. The Morgan fingerprint density at radius 3 is 2.36 bits per heavy atom. The molecule has 28 heavy (non-hydrogen) atoms. The van der Waals surface area contributed by atoms with Crippen molar-refractivity contribution in [2.24, 2.45) is 0 Å². The molecule has 0 radical (unpaired) electrons. The lowest BCUT2D eigenvalue weighted by molar-refractivity contribution is -0.892. The van der Waals surface area contributed by atoms with E-state index in [1.54, 1.807) is 12.1 Å². The van der Waals surface area contributed by atoms with Crippen molar-refractivity contribution in [3.8, 4) is 0 Å². The second kappa shape index (κ2) is 8.84. The maximum absolute atomic E-state index is 13.0. The van der Waals surface area contributed by atoms with E-state index < -0.39 is 6.03 Å². The van der Waals surface area contributed by atoms with E-state index in [0.717, 1.165) is 47.9 Å². The van der Waals surface area contributed by atoms with Gasteiger partial charge < -0.3 is 15.1 Å². The molecule has 1 aliphatic heterocycles. The number of halogens is 1. The minimum atomic E-state index is -0.516. The molecule has 2 aromatic carbocycles. The van der Waals surface area contributed by atoms with E-state index in [9.17, 15) is 14.0 Å². The number of hydrogen-bond donors (Lipinski definition) is 3. The fourth-order valence-electron chi connectivity index (χ4n) is 3.29. The van der Waals surface area contributed by atoms with Crippen LogP contribution in [0.1, 0.15) is 11.1 Å². The topological polar surface area (TPSA) is 65.9 Å². The number of benzene rings is 2. The van der Waals surface area contributed by atoms with Crippen LogP contribution in [0.5, 0.6) is 0 Å². The number of aryl methyl sites for hydroxylation is 2. The van der Waals surface area contributed by atoms with Gasteiger partial charge in [-0.05, 0) is 61.4 Å². The fraction of sp³-hybridized carbons (Fsp3) is 0.333.